The van der Waals surface area contributed by atoms with E-state index in [0.29, 0.717) is 0 Å². The summed E-state index contributed by atoms with van der Waals surface area (Å²) in [5.74, 6) is 1.93. The van der Waals surface area contributed by atoms with Gasteiger partial charge in [-0.25, -0.2) is 0 Å². The average Bonchev–Trinajstić information content (AvgIpc) is 3.47. The maximum atomic E-state index is 6.30. The summed E-state index contributed by atoms with van der Waals surface area (Å²) in [5.41, 5.74) is 9.94. The van der Waals surface area contributed by atoms with Crippen LogP contribution >= 0.6 is 0 Å². The Morgan fingerprint density at radius 1 is 0.788 bits per heavy atom. The summed E-state index contributed by atoms with van der Waals surface area (Å²) in [5, 5.41) is 2.24. The van der Waals surface area contributed by atoms with E-state index in [2.05, 4.69) is 96.0 Å². The SMILES string of the molecule is Cc1ccc2c(c1C)n(-c1ccc3c4ccccc4oc3[n+]1C)c1nc3c(C)cccc3n21. The second-order valence-corrected chi connectivity index (χ2v) is 8.97. The average molecular weight is 432 g/mol. The van der Waals surface area contributed by atoms with Gasteiger partial charge >= 0.3 is 5.78 Å². The van der Waals surface area contributed by atoms with E-state index in [-0.39, 0.29) is 0 Å². The molecule has 7 rings (SSSR count). The van der Waals surface area contributed by atoms with Crippen molar-refractivity contribution in [2.45, 2.75) is 20.8 Å². The van der Waals surface area contributed by atoms with Gasteiger partial charge in [0.1, 0.15) is 5.58 Å². The van der Waals surface area contributed by atoms with E-state index in [9.17, 15) is 0 Å². The number of aryl methyl sites for hydroxylation is 4. The number of imidazole rings is 2. The molecule has 5 heteroatoms. The summed E-state index contributed by atoms with van der Waals surface area (Å²) >= 11 is 0. The van der Waals surface area contributed by atoms with Crippen LogP contribution < -0.4 is 4.57 Å². The molecule has 0 fully saturated rings. The summed E-state index contributed by atoms with van der Waals surface area (Å²) in [6.45, 7) is 6.48. The largest absolute Gasteiger partial charge is 0.422 e. The molecular formula is C28H23N4O+. The van der Waals surface area contributed by atoms with E-state index >= 15 is 0 Å². The third-order valence-electron chi connectivity index (χ3n) is 7.10. The minimum Gasteiger partial charge on any atom is -0.422 e. The van der Waals surface area contributed by atoms with Crippen LogP contribution in [-0.2, 0) is 7.05 Å². The molecule has 0 spiro atoms. The molecule has 0 aliphatic rings. The zero-order chi connectivity index (χ0) is 22.4. The number of hydrogen-bond donors (Lipinski definition) is 0. The van der Waals surface area contributed by atoms with Crippen LogP contribution in [0.2, 0.25) is 0 Å². The van der Waals surface area contributed by atoms with E-state index in [1.54, 1.807) is 0 Å². The zero-order valence-electron chi connectivity index (χ0n) is 19.0. The van der Waals surface area contributed by atoms with Crippen molar-refractivity contribution in [2.24, 2.45) is 7.05 Å². The number of benzene rings is 3. The highest BCUT2D eigenvalue weighted by Gasteiger charge is 2.28. The molecule has 4 aromatic heterocycles. The van der Waals surface area contributed by atoms with Crippen molar-refractivity contribution < 1.29 is 8.98 Å². The predicted octanol–water partition coefficient (Wildman–Crippen LogP) is 6.08. The number of pyridine rings is 1. The first kappa shape index (κ1) is 18.5. The van der Waals surface area contributed by atoms with Crippen molar-refractivity contribution in [2.75, 3.05) is 0 Å². The quantitative estimate of drug-likeness (QED) is 0.296. The first-order valence-corrected chi connectivity index (χ1v) is 11.2. The molecule has 0 amide bonds. The number of hydrogen-bond acceptors (Lipinski definition) is 2. The number of fused-ring (bicyclic) bond motifs is 8. The monoisotopic (exact) mass is 431 g/mol. The third-order valence-corrected chi connectivity index (χ3v) is 7.10. The standard InChI is InChI=1S/C28H23N4O/c1-16-12-14-22-26(18(16)3)32(28-29-25-17(2)8-7-10-21(25)31(22)28)24-15-13-20-19-9-5-6-11-23(19)33-27(20)30(24)4/h5-15H,1-4H3/q+1. The molecule has 0 N–H and O–H groups in total. The topological polar surface area (TPSA) is 39.2 Å². The fraction of sp³-hybridized carbons (Fsp3) is 0.143. The van der Waals surface area contributed by atoms with Gasteiger partial charge in [0.25, 0.3) is 11.5 Å². The second-order valence-electron chi connectivity index (χ2n) is 8.97. The Hall–Kier alpha value is -4.12. The van der Waals surface area contributed by atoms with Gasteiger partial charge in [0.15, 0.2) is 5.52 Å². The molecule has 5 nitrogen and oxygen atoms in total. The van der Waals surface area contributed by atoms with E-state index in [0.717, 1.165) is 50.2 Å². The van der Waals surface area contributed by atoms with Gasteiger partial charge < -0.3 is 4.42 Å². The first-order chi connectivity index (χ1) is 16.0. The molecule has 0 aliphatic heterocycles. The fourth-order valence-electron chi connectivity index (χ4n) is 5.24. The van der Waals surface area contributed by atoms with Crippen molar-refractivity contribution in [3.8, 4) is 5.82 Å². The van der Waals surface area contributed by atoms with Gasteiger partial charge in [0.2, 0.25) is 0 Å². The van der Waals surface area contributed by atoms with E-state index in [4.69, 9.17) is 9.40 Å². The van der Waals surface area contributed by atoms with Gasteiger partial charge in [-0.05, 0) is 56.2 Å². The molecule has 0 saturated heterocycles. The van der Waals surface area contributed by atoms with E-state index in [1.165, 1.54) is 22.2 Å². The van der Waals surface area contributed by atoms with Crippen LogP contribution in [0.25, 0.3) is 55.7 Å². The van der Waals surface area contributed by atoms with Crippen molar-refractivity contribution in [1.82, 2.24) is 14.0 Å². The molecule has 0 atom stereocenters. The Balaban J connectivity index is 1.69. The molecular weight excluding hydrogens is 408 g/mol. The Bertz CT molecular complexity index is 1920. The van der Waals surface area contributed by atoms with Crippen LogP contribution in [0.1, 0.15) is 16.7 Å². The van der Waals surface area contributed by atoms with Crippen molar-refractivity contribution in [3.05, 3.63) is 83.4 Å². The summed E-state index contributed by atoms with van der Waals surface area (Å²) < 4.78 is 13.0. The molecule has 160 valence electrons. The number of furan rings is 1. The van der Waals surface area contributed by atoms with Crippen molar-refractivity contribution >= 4 is 49.9 Å². The smallest absolute Gasteiger partial charge is 0.312 e. The van der Waals surface area contributed by atoms with Crippen LogP contribution in [0.5, 0.6) is 0 Å². The maximum Gasteiger partial charge on any atom is 0.312 e. The molecule has 4 heterocycles. The summed E-state index contributed by atoms with van der Waals surface area (Å²) in [6, 6.07) is 23.3. The highest BCUT2D eigenvalue weighted by atomic mass is 16.3. The van der Waals surface area contributed by atoms with Gasteiger partial charge in [0, 0.05) is 17.0 Å². The molecule has 0 radical (unpaired) electrons. The Labute approximate surface area is 190 Å². The molecule has 0 unspecified atom stereocenters. The molecule has 3 aromatic carbocycles. The lowest BCUT2D eigenvalue weighted by Gasteiger charge is -2.05. The maximum absolute atomic E-state index is 6.30. The predicted molar refractivity (Wildman–Crippen MR) is 132 cm³/mol. The fourth-order valence-corrected chi connectivity index (χ4v) is 5.24. The van der Waals surface area contributed by atoms with E-state index in [1.807, 2.05) is 12.1 Å². The van der Waals surface area contributed by atoms with Gasteiger partial charge in [-0.1, -0.05) is 36.4 Å². The number of para-hydroxylation sites is 2. The molecule has 33 heavy (non-hydrogen) atoms. The van der Waals surface area contributed by atoms with Crippen LogP contribution in [0.3, 0.4) is 0 Å². The van der Waals surface area contributed by atoms with Gasteiger partial charge in [-0.3, -0.25) is 4.40 Å². The molecule has 7 aromatic rings. The third kappa shape index (κ3) is 2.26. The molecule has 0 aliphatic carbocycles. The van der Waals surface area contributed by atoms with Crippen molar-refractivity contribution in [1.29, 1.82) is 0 Å². The van der Waals surface area contributed by atoms with Gasteiger partial charge in [0.05, 0.1) is 29.0 Å². The molecule has 0 bridgehead atoms. The second kappa shape index (κ2) is 6.23. The Kier molecular flexibility index (Phi) is 3.48. The number of rotatable bonds is 1. The highest BCUT2D eigenvalue weighted by molar-refractivity contribution is 6.02. The normalized spacial score (nSPS) is 12.2. The van der Waals surface area contributed by atoms with Crippen LogP contribution in [0.15, 0.2) is 71.1 Å². The number of nitrogens with zero attached hydrogens (tertiary/aromatic N) is 4. The minimum absolute atomic E-state index is 0.853. The van der Waals surface area contributed by atoms with Gasteiger partial charge in [-0.15, -0.1) is 0 Å². The molecule has 0 saturated carbocycles. The number of aromatic nitrogens is 4. The summed E-state index contributed by atoms with van der Waals surface area (Å²) in [6.07, 6.45) is 0. The lowest BCUT2D eigenvalue weighted by atomic mass is 10.1. The van der Waals surface area contributed by atoms with Crippen molar-refractivity contribution in [3.63, 3.8) is 0 Å². The highest BCUT2D eigenvalue weighted by Crippen LogP contribution is 2.33. The van der Waals surface area contributed by atoms with Crippen LogP contribution in [0.4, 0.5) is 0 Å². The lowest BCUT2D eigenvalue weighted by Crippen LogP contribution is -2.34. The lowest BCUT2D eigenvalue weighted by molar-refractivity contribution is -0.645. The zero-order valence-corrected chi connectivity index (χ0v) is 19.0. The Morgan fingerprint density at radius 3 is 2.52 bits per heavy atom. The Morgan fingerprint density at radius 2 is 1.64 bits per heavy atom. The van der Waals surface area contributed by atoms with Crippen LogP contribution in [-0.4, -0.2) is 14.0 Å². The summed E-state index contributed by atoms with van der Waals surface area (Å²) in [7, 11) is 2.07. The minimum atomic E-state index is 0.853. The summed E-state index contributed by atoms with van der Waals surface area (Å²) in [4.78, 5) is 5.14. The first-order valence-electron chi connectivity index (χ1n) is 11.2. The van der Waals surface area contributed by atoms with Gasteiger partial charge in [-0.2, -0.15) is 14.1 Å². The van der Waals surface area contributed by atoms with Crippen LogP contribution in [0, 0.1) is 20.8 Å². The van der Waals surface area contributed by atoms with E-state index < -0.39 is 0 Å².